The Bertz CT molecular complexity index is 1140. The molecule has 11 heteroatoms. The number of hydrogen-bond acceptors (Lipinski definition) is 6. The molecule has 0 saturated carbocycles. The Balaban J connectivity index is 0.00000113. The molecule has 202 valence electrons. The first-order chi connectivity index (χ1) is 16.2. The predicted octanol–water partition coefficient (Wildman–Crippen LogP) is 7.40. The molecule has 0 N–H and O–H groups in total. The van der Waals surface area contributed by atoms with Gasteiger partial charge in [-0.15, -0.1) is 13.2 Å². The van der Waals surface area contributed by atoms with Gasteiger partial charge in [-0.25, -0.2) is 8.39 Å². The van der Waals surface area contributed by atoms with Gasteiger partial charge in [0, 0.05) is 0 Å². The van der Waals surface area contributed by atoms with E-state index in [1.54, 1.807) is 12.4 Å². The second-order valence-corrected chi connectivity index (χ2v) is 8.56. The van der Waals surface area contributed by atoms with E-state index < -0.39 is 17.7 Å². The molecule has 0 fully saturated rings. The molecular formula is C26H29F3FeN2O4S. The van der Waals surface area contributed by atoms with Crippen LogP contribution >= 0.6 is 0 Å². The number of hydrogen-bond donors (Lipinski definition) is 0. The zero-order valence-corrected chi connectivity index (χ0v) is 23.5. The van der Waals surface area contributed by atoms with Crippen LogP contribution in [0.4, 0.5) is 24.5 Å². The van der Waals surface area contributed by atoms with Gasteiger partial charge in [-0.05, 0) is 75.9 Å². The van der Waals surface area contributed by atoms with Crippen LogP contribution in [0.5, 0.6) is 0 Å². The Kier molecular flexibility index (Phi) is 14.0. The molecule has 0 aliphatic carbocycles. The van der Waals surface area contributed by atoms with E-state index in [9.17, 15) is 13.2 Å². The van der Waals surface area contributed by atoms with Crippen LogP contribution in [0.25, 0.3) is 0 Å². The Morgan fingerprint density at radius 3 is 1.38 bits per heavy atom. The second-order valence-electron chi connectivity index (χ2n) is 7.98. The molecule has 0 aliphatic rings. The van der Waals surface area contributed by atoms with Crippen molar-refractivity contribution in [3.05, 3.63) is 88.7 Å². The van der Waals surface area contributed by atoms with Crippen LogP contribution in [0.15, 0.2) is 50.8 Å². The summed E-state index contributed by atoms with van der Waals surface area (Å²) in [5, 5.41) is 0. The summed E-state index contributed by atoms with van der Waals surface area (Å²) in [7, 11) is 0. The average molecular weight is 578 g/mol. The zero-order chi connectivity index (χ0) is 26.3. The third-order valence-electron chi connectivity index (χ3n) is 4.72. The summed E-state index contributed by atoms with van der Waals surface area (Å²) < 4.78 is 58.4. The topological polar surface area (TPSA) is 87.2 Å². The number of aryl methyl sites for hydroxylation is 6. The number of furan rings is 1. The summed E-state index contributed by atoms with van der Waals surface area (Å²) in [6.07, 6.45) is -1.55. The van der Waals surface area contributed by atoms with Gasteiger partial charge in [-0.1, -0.05) is 35.4 Å². The van der Waals surface area contributed by atoms with Crippen LogP contribution in [0.2, 0.25) is 0 Å². The molecule has 2 aromatic carbocycles. The van der Waals surface area contributed by atoms with Gasteiger partial charge in [0.25, 0.3) is 0 Å². The smallest absolute Gasteiger partial charge is 0.750 e. The fraction of sp³-hybridized carbons (Fsp3) is 0.269. The minimum atomic E-state index is -5.09. The molecule has 0 amide bonds. The van der Waals surface area contributed by atoms with Crippen LogP contribution in [0, 0.1) is 49.0 Å². The number of nitrogens with zero attached hydrogens (tertiary/aromatic N) is 2. The maximum Gasteiger partial charge on any atom is 2.00 e. The van der Waals surface area contributed by atoms with E-state index >= 15 is 0 Å². The van der Waals surface area contributed by atoms with Crippen LogP contribution in [-0.2, 0) is 32.6 Å². The van der Waals surface area contributed by atoms with Crippen LogP contribution in [0.3, 0.4) is 0 Å². The molecule has 0 saturated heterocycles. The van der Waals surface area contributed by atoms with Gasteiger partial charge >= 0.3 is 23.4 Å². The Hall–Kier alpha value is -2.56. The molecule has 1 atom stereocenters. The normalized spacial score (nSPS) is 12.1. The first-order valence-electron chi connectivity index (χ1n) is 10.4. The van der Waals surface area contributed by atoms with E-state index in [-0.39, 0.29) is 24.5 Å². The van der Waals surface area contributed by atoms with Crippen molar-refractivity contribution >= 4 is 35.2 Å². The third-order valence-corrected chi connectivity index (χ3v) is 5.05. The van der Waals surface area contributed by atoms with E-state index in [0.29, 0.717) is 11.5 Å². The summed E-state index contributed by atoms with van der Waals surface area (Å²) in [4.78, 5) is 9.25. The van der Waals surface area contributed by atoms with Crippen LogP contribution in [0.1, 0.15) is 44.9 Å². The average Bonchev–Trinajstić information content (AvgIpc) is 3.12. The third kappa shape index (κ3) is 11.6. The van der Waals surface area contributed by atoms with Crippen molar-refractivity contribution in [2.24, 2.45) is 9.98 Å². The number of rotatable bonds is 5. The molecule has 37 heavy (non-hydrogen) atoms. The van der Waals surface area contributed by atoms with Crippen LogP contribution < -0.4 is 0 Å². The maximum absolute atomic E-state index is 10.7. The van der Waals surface area contributed by atoms with E-state index in [1.807, 2.05) is 12.1 Å². The van der Waals surface area contributed by atoms with Crippen molar-refractivity contribution in [2.45, 2.75) is 47.9 Å². The molecular weight excluding hydrogens is 549 g/mol. The number of halogens is 3. The number of benzene rings is 2. The van der Waals surface area contributed by atoms with E-state index in [4.69, 9.17) is 13.2 Å². The van der Waals surface area contributed by atoms with Crippen molar-refractivity contribution in [1.29, 1.82) is 0 Å². The minimum absolute atomic E-state index is 0. The zero-order valence-electron chi connectivity index (χ0n) is 21.5. The van der Waals surface area contributed by atoms with Gasteiger partial charge in [0.05, 0.1) is 35.2 Å². The van der Waals surface area contributed by atoms with Gasteiger partial charge < -0.3 is 16.4 Å². The van der Waals surface area contributed by atoms with Gasteiger partial charge in [0.15, 0.2) is 0 Å². The largest absolute Gasteiger partial charge is 2.00 e. The molecule has 3 rings (SSSR count). The summed E-state index contributed by atoms with van der Waals surface area (Å²) in [5.74, 6) is 1.43. The van der Waals surface area contributed by atoms with Gasteiger partial charge in [0.2, 0.25) is 0 Å². The second kappa shape index (κ2) is 15.0. The Morgan fingerprint density at radius 2 is 1.14 bits per heavy atom. The van der Waals surface area contributed by atoms with Gasteiger partial charge in [0.1, 0.15) is 11.5 Å². The van der Waals surface area contributed by atoms with Crippen molar-refractivity contribution in [1.82, 2.24) is 0 Å². The number of aliphatic imine (C=N–C) groups is 2. The minimum Gasteiger partial charge on any atom is -0.750 e. The fourth-order valence-corrected chi connectivity index (χ4v) is 3.75. The van der Waals surface area contributed by atoms with E-state index in [1.165, 1.54) is 33.4 Å². The van der Waals surface area contributed by atoms with Crippen molar-refractivity contribution in [3.63, 3.8) is 0 Å². The van der Waals surface area contributed by atoms with Crippen LogP contribution in [-0.4, -0.2) is 27.6 Å². The van der Waals surface area contributed by atoms with Gasteiger partial charge in [-0.2, -0.15) is 0 Å². The molecule has 6 nitrogen and oxygen atoms in total. The standard InChI is InChI=1S/C24H26N2O.CHF3O3S.CH3.Fe/c1-15-9-17(3)23(18(4)10-15)25-13-21-7-8-22(27-21)14-26-24-19(5)11-16(2)12-20(24)6;2-1(3,4)7-8(5)6;;/h7-14H,1-6H3;(H,5,6);1H3;/q;;-1;+2/p-1. The van der Waals surface area contributed by atoms with Gasteiger partial charge in [-0.3, -0.25) is 9.98 Å². The molecule has 0 radical (unpaired) electrons. The monoisotopic (exact) mass is 578 g/mol. The van der Waals surface area contributed by atoms with Crippen molar-refractivity contribution in [3.8, 4) is 0 Å². The quantitative estimate of drug-likeness (QED) is 0.137. The molecule has 1 aromatic heterocycles. The summed E-state index contributed by atoms with van der Waals surface area (Å²) in [6.45, 7) is 12.5. The molecule has 3 aromatic rings. The summed E-state index contributed by atoms with van der Waals surface area (Å²) in [6, 6.07) is 12.4. The Labute approximate surface area is 229 Å². The van der Waals surface area contributed by atoms with E-state index in [2.05, 4.69) is 80.0 Å². The molecule has 1 heterocycles. The van der Waals surface area contributed by atoms with Crippen molar-refractivity contribution in [2.75, 3.05) is 0 Å². The summed E-state index contributed by atoms with van der Waals surface area (Å²) in [5.41, 5.74) is 9.18. The molecule has 0 aliphatic heterocycles. The summed E-state index contributed by atoms with van der Waals surface area (Å²) >= 11 is -3.51. The van der Waals surface area contributed by atoms with E-state index in [0.717, 1.165) is 11.4 Å². The SMILES string of the molecule is Cc1cc(C)c(N=Cc2ccc(C=Nc3c(C)cc(C)cc3C)o2)c(C)c1.O=S([O-])OC(F)(F)F.[CH3-].[Fe+2]. The molecule has 0 spiro atoms. The molecule has 1 unspecified atom stereocenters. The Morgan fingerprint density at radius 1 is 0.811 bits per heavy atom. The first-order valence-corrected chi connectivity index (χ1v) is 11.4. The first kappa shape index (κ1) is 34.4. The predicted molar refractivity (Wildman–Crippen MR) is 137 cm³/mol. The maximum atomic E-state index is 10.7. The number of alkyl halides is 3. The molecule has 0 bridgehead atoms. The van der Waals surface area contributed by atoms with Crippen molar-refractivity contribution < 1.29 is 47.6 Å². The fourth-order valence-electron chi connectivity index (χ4n) is 3.59.